The van der Waals surface area contributed by atoms with Crippen molar-refractivity contribution < 1.29 is 31.9 Å². The van der Waals surface area contributed by atoms with E-state index in [9.17, 15) is 27.2 Å². The van der Waals surface area contributed by atoms with E-state index >= 15 is 0 Å². The second-order valence-electron chi connectivity index (χ2n) is 11.9. The summed E-state index contributed by atoms with van der Waals surface area (Å²) in [5, 5.41) is 3.30. The van der Waals surface area contributed by atoms with Crippen LogP contribution < -0.4 is 10.1 Å². The van der Waals surface area contributed by atoms with Gasteiger partial charge in [0.2, 0.25) is 5.91 Å². The van der Waals surface area contributed by atoms with Gasteiger partial charge in [-0.2, -0.15) is 13.2 Å². The third-order valence-electron chi connectivity index (χ3n) is 8.86. The first-order valence-electron chi connectivity index (χ1n) is 15.8. The normalized spacial score (nSPS) is 17.9. The molecule has 0 aliphatic carbocycles. The van der Waals surface area contributed by atoms with E-state index in [4.69, 9.17) is 9.73 Å². The van der Waals surface area contributed by atoms with Crippen LogP contribution in [0.2, 0.25) is 0 Å². The summed E-state index contributed by atoms with van der Waals surface area (Å²) in [5.41, 5.74) is 1.52. The quantitative estimate of drug-likeness (QED) is 0.236. The Kier molecular flexibility index (Phi) is 10.6. The Morgan fingerprint density at radius 3 is 2.43 bits per heavy atom. The molecule has 1 fully saturated rings. The number of nitrogens with zero attached hydrogens (tertiary/aromatic N) is 2. The zero-order valence-electron chi connectivity index (χ0n) is 26.1. The van der Waals surface area contributed by atoms with Gasteiger partial charge in [-0.05, 0) is 107 Å². The number of nitrogens with one attached hydrogen (secondary N) is 1. The molecule has 0 spiro atoms. The van der Waals surface area contributed by atoms with Crippen molar-refractivity contribution in [3.63, 3.8) is 0 Å². The number of fused-ring (bicyclic) bond motifs is 1. The van der Waals surface area contributed by atoms with E-state index in [1.54, 1.807) is 17.0 Å². The molecule has 0 saturated carbocycles. The van der Waals surface area contributed by atoms with Crippen LogP contribution in [0.4, 0.5) is 23.2 Å². The van der Waals surface area contributed by atoms with Gasteiger partial charge in [0.25, 0.3) is 0 Å². The molecule has 1 unspecified atom stereocenters. The predicted molar refractivity (Wildman–Crippen MR) is 169 cm³/mol. The SMILES string of the molecule is CCOc1ccc(CCC2CC([C@@H](C)N(C(=O)Cc3ccc(F)c(C(F)(F)F)c3)C3CCNCC3)=Nc3ccccc3C2=O)cc1. The number of carbonyl (C=O) groups excluding carboxylic acids is 2. The molecule has 1 saturated heterocycles. The first-order chi connectivity index (χ1) is 22.0. The molecule has 6 nitrogen and oxygen atoms in total. The highest BCUT2D eigenvalue weighted by Gasteiger charge is 2.37. The Labute approximate surface area is 266 Å². The molecule has 0 bridgehead atoms. The number of alkyl halides is 3. The van der Waals surface area contributed by atoms with Crippen molar-refractivity contribution >= 4 is 23.1 Å². The third-order valence-corrected chi connectivity index (χ3v) is 8.86. The third kappa shape index (κ3) is 7.84. The summed E-state index contributed by atoms with van der Waals surface area (Å²) in [5.74, 6) is -1.34. The highest BCUT2D eigenvalue weighted by molar-refractivity contribution is 6.08. The number of amides is 1. The molecule has 0 radical (unpaired) electrons. The minimum absolute atomic E-state index is 0.00165. The lowest BCUT2D eigenvalue weighted by molar-refractivity contribution is -0.140. The van der Waals surface area contributed by atoms with Crippen LogP contribution in [-0.2, 0) is 23.8 Å². The van der Waals surface area contributed by atoms with E-state index in [2.05, 4.69) is 5.32 Å². The minimum Gasteiger partial charge on any atom is -0.494 e. The lowest BCUT2D eigenvalue weighted by Crippen LogP contribution is -2.53. The number of ketones is 1. The molecule has 3 aromatic rings. The van der Waals surface area contributed by atoms with Gasteiger partial charge < -0.3 is 15.0 Å². The van der Waals surface area contributed by atoms with E-state index in [1.165, 1.54) is 6.07 Å². The van der Waals surface area contributed by atoms with Crippen molar-refractivity contribution in [3.05, 3.63) is 94.8 Å². The number of rotatable bonds is 10. The first kappa shape index (κ1) is 33.3. The standard InChI is InChI=1S/C36H39F4N3O3/c1-3-46-28-13-9-24(10-14-28)8-12-26-22-33(42-32-7-5-4-6-29(32)35(26)45)23(2)43(27-16-18-41-19-17-27)34(44)21-25-11-15-31(37)30(20-25)36(38,39)40/h4-7,9-11,13-15,20,23,26-27,41H,3,8,12,16-19,21-22H2,1-2H3/t23-,26?/m1/s1. The molecule has 10 heteroatoms. The van der Waals surface area contributed by atoms with Gasteiger partial charge in [0.15, 0.2) is 5.78 Å². The van der Waals surface area contributed by atoms with Gasteiger partial charge in [-0.15, -0.1) is 0 Å². The number of para-hydroxylation sites is 1. The van der Waals surface area contributed by atoms with Crippen LogP contribution >= 0.6 is 0 Å². The number of halogens is 4. The van der Waals surface area contributed by atoms with Crippen LogP contribution in [-0.4, -0.2) is 54.1 Å². The molecule has 2 aliphatic rings. The molecule has 2 atom stereocenters. The van der Waals surface area contributed by atoms with Crippen molar-refractivity contribution in [1.29, 1.82) is 0 Å². The van der Waals surface area contributed by atoms with Crippen molar-refractivity contribution in [2.24, 2.45) is 10.9 Å². The first-order valence-corrected chi connectivity index (χ1v) is 15.8. The van der Waals surface area contributed by atoms with Crippen molar-refractivity contribution in [2.45, 2.75) is 70.6 Å². The highest BCUT2D eigenvalue weighted by Crippen LogP contribution is 2.34. The summed E-state index contributed by atoms with van der Waals surface area (Å²) in [6.45, 7) is 5.76. The fourth-order valence-corrected chi connectivity index (χ4v) is 6.45. The van der Waals surface area contributed by atoms with E-state index < -0.39 is 23.6 Å². The molecule has 0 aromatic heterocycles. The summed E-state index contributed by atoms with van der Waals surface area (Å²) < 4.78 is 59.9. The maximum Gasteiger partial charge on any atom is 0.419 e. The number of hydrogen-bond donors (Lipinski definition) is 1. The molecular weight excluding hydrogens is 598 g/mol. The fourth-order valence-electron chi connectivity index (χ4n) is 6.45. The molecule has 3 aromatic carbocycles. The number of hydrogen-bond acceptors (Lipinski definition) is 5. The van der Waals surface area contributed by atoms with Crippen molar-refractivity contribution in [3.8, 4) is 5.75 Å². The fraction of sp³-hybridized carbons (Fsp3) is 0.417. The molecule has 1 N–H and O–H groups in total. The summed E-state index contributed by atoms with van der Waals surface area (Å²) in [7, 11) is 0. The van der Waals surface area contributed by atoms with E-state index in [0.29, 0.717) is 74.8 Å². The predicted octanol–water partition coefficient (Wildman–Crippen LogP) is 7.36. The molecule has 2 heterocycles. The topological polar surface area (TPSA) is 71.0 Å². The smallest absolute Gasteiger partial charge is 0.419 e. The Balaban J connectivity index is 1.43. The molecule has 1 amide bonds. The Morgan fingerprint density at radius 1 is 1.04 bits per heavy atom. The zero-order valence-corrected chi connectivity index (χ0v) is 26.1. The number of Topliss-reactive ketones (excluding diaryl/α,β-unsaturated/α-hetero) is 1. The maximum atomic E-state index is 14.0. The summed E-state index contributed by atoms with van der Waals surface area (Å²) in [6.07, 6.45) is -2.29. The minimum atomic E-state index is -4.87. The summed E-state index contributed by atoms with van der Waals surface area (Å²) in [4.78, 5) is 34.5. The van der Waals surface area contributed by atoms with Crippen molar-refractivity contribution in [2.75, 3.05) is 19.7 Å². The lowest BCUT2D eigenvalue weighted by atomic mass is 9.86. The Hall–Kier alpha value is -4.05. The van der Waals surface area contributed by atoms with Crippen LogP contribution in [0.5, 0.6) is 5.75 Å². The van der Waals surface area contributed by atoms with Crippen LogP contribution in [0.15, 0.2) is 71.7 Å². The number of piperidine rings is 1. The van der Waals surface area contributed by atoms with Crippen LogP contribution in [0.3, 0.4) is 0 Å². The summed E-state index contributed by atoms with van der Waals surface area (Å²) >= 11 is 0. The highest BCUT2D eigenvalue weighted by atomic mass is 19.4. The largest absolute Gasteiger partial charge is 0.494 e. The maximum absolute atomic E-state index is 14.0. The summed E-state index contributed by atoms with van der Waals surface area (Å²) in [6, 6.07) is 17.0. The van der Waals surface area contributed by atoms with Gasteiger partial charge in [-0.25, -0.2) is 4.39 Å². The number of carbonyl (C=O) groups is 2. The number of ether oxygens (including phenoxy) is 1. The average Bonchev–Trinajstić information content (AvgIpc) is 3.18. The number of aliphatic imine (C=N–C) groups is 1. The Morgan fingerprint density at radius 2 is 1.74 bits per heavy atom. The molecule has 46 heavy (non-hydrogen) atoms. The monoisotopic (exact) mass is 637 g/mol. The van der Waals surface area contributed by atoms with E-state index in [0.717, 1.165) is 17.4 Å². The number of aryl methyl sites for hydroxylation is 1. The van der Waals surface area contributed by atoms with Gasteiger partial charge in [0.1, 0.15) is 11.6 Å². The average molecular weight is 638 g/mol. The van der Waals surface area contributed by atoms with Gasteiger partial charge in [-0.3, -0.25) is 14.6 Å². The Bertz CT molecular complexity index is 1570. The second-order valence-corrected chi connectivity index (χ2v) is 11.9. The van der Waals surface area contributed by atoms with Crippen LogP contribution in [0.25, 0.3) is 0 Å². The van der Waals surface area contributed by atoms with E-state index in [-0.39, 0.29) is 35.6 Å². The van der Waals surface area contributed by atoms with Crippen LogP contribution in [0, 0.1) is 11.7 Å². The van der Waals surface area contributed by atoms with Gasteiger partial charge in [-0.1, -0.05) is 30.3 Å². The molecular formula is C36H39F4N3O3. The zero-order chi connectivity index (χ0) is 32.8. The molecule has 5 rings (SSSR count). The van der Waals surface area contributed by atoms with Gasteiger partial charge >= 0.3 is 6.18 Å². The van der Waals surface area contributed by atoms with Gasteiger partial charge in [0, 0.05) is 23.2 Å². The number of benzene rings is 3. The van der Waals surface area contributed by atoms with Crippen LogP contribution in [0.1, 0.15) is 66.6 Å². The molecule has 244 valence electrons. The lowest BCUT2D eigenvalue weighted by Gasteiger charge is -2.40. The van der Waals surface area contributed by atoms with E-state index in [1.807, 2.05) is 50.2 Å². The second kappa shape index (κ2) is 14.6. The van der Waals surface area contributed by atoms with Gasteiger partial charge in [0.05, 0.1) is 30.3 Å². The van der Waals surface area contributed by atoms with Crippen molar-refractivity contribution in [1.82, 2.24) is 10.2 Å². The molecule has 2 aliphatic heterocycles.